The molecule has 2 aromatic heterocycles. The average molecular weight is 485 g/mol. The maximum atomic E-state index is 11.0. The Morgan fingerprint density at radius 2 is 1.97 bits per heavy atom. The standard InChI is InChI=1S/C28H32N6O2/c1-19(35)31-11-10-30-17-21-14-23(15-21)28-33-25(26-27(29)32-12-13-34(26)28)22-8-5-9-24(16-22)36-18-20-6-3-2-4-7-20/h2-9,12-13,16,21,23,30H,10-11,14-15,17-18H2,1H3,(H2,29,32)(H,31,35). The normalized spacial score (nSPS) is 17.0. The second-order valence-electron chi connectivity index (χ2n) is 9.37. The third-order valence-electron chi connectivity index (χ3n) is 6.68. The maximum Gasteiger partial charge on any atom is 0.216 e. The molecule has 1 amide bonds. The van der Waals surface area contributed by atoms with Gasteiger partial charge in [-0.05, 0) is 43.0 Å². The van der Waals surface area contributed by atoms with E-state index in [9.17, 15) is 4.79 Å². The van der Waals surface area contributed by atoms with Crippen LogP contribution >= 0.6 is 0 Å². The topological polar surface area (TPSA) is 107 Å². The molecular weight excluding hydrogens is 452 g/mol. The van der Waals surface area contributed by atoms with Gasteiger partial charge in [-0.1, -0.05) is 42.5 Å². The lowest BCUT2D eigenvalue weighted by atomic mass is 9.74. The number of amides is 1. The molecule has 0 radical (unpaired) electrons. The molecule has 0 unspecified atom stereocenters. The molecule has 0 spiro atoms. The molecule has 36 heavy (non-hydrogen) atoms. The van der Waals surface area contributed by atoms with Crippen molar-refractivity contribution >= 4 is 17.2 Å². The summed E-state index contributed by atoms with van der Waals surface area (Å²) < 4.78 is 8.15. The van der Waals surface area contributed by atoms with Gasteiger partial charge in [0.05, 0.1) is 0 Å². The molecule has 0 bridgehead atoms. The fraction of sp³-hybridized carbons (Fsp3) is 0.321. The average Bonchev–Trinajstić information content (AvgIpc) is 3.25. The van der Waals surface area contributed by atoms with Gasteiger partial charge in [-0.15, -0.1) is 0 Å². The summed E-state index contributed by atoms with van der Waals surface area (Å²) in [5.74, 6) is 3.25. The van der Waals surface area contributed by atoms with Crippen molar-refractivity contribution in [3.63, 3.8) is 0 Å². The van der Waals surface area contributed by atoms with Gasteiger partial charge < -0.3 is 21.1 Å². The molecule has 8 heteroatoms. The van der Waals surface area contributed by atoms with E-state index in [2.05, 4.69) is 32.2 Å². The highest BCUT2D eigenvalue weighted by molar-refractivity contribution is 5.85. The number of aromatic nitrogens is 3. The predicted octanol–water partition coefficient (Wildman–Crippen LogP) is 3.78. The monoisotopic (exact) mass is 484 g/mol. The van der Waals surface area contributed by atoms with Crippen molar-refractivity contribution in [2.75, 3.05) is 25.4 Å². The summed E-state index contributed by atoms with van der Waals surface area (Å²) in [6, 6.07) is 18.1. The summed E-state index contributed by atoms with van der Waals surface area (Å²) in [5.41, 5.74) is 10.1. The Morgan fingerprint density at radius 3 is 2.78 bits per heavy atom. The number of fused-ring (bicyclic) bond motifs is 1. The highest BCUT2D eigenvalue weighted by Crippen LogP contribution is 2.43. The number of rotatable bonds is 10. The summed E-state index contributed by atoms with van der Waals surface area (Å²) in [5, 5.41) is 6.25. The molecule has 0 aliphatic heterocycles. The smallest absolute Gasteiger partial charge is 0.216 e. The van der Waals surface area contributed by atoms with Gasteiger partial charge in [0.25, 0.3) is 0 Å². The minimum atomic E-state index is 0.00422. The lowest BCUT2D eigenvalue weighted by Gasteiger charge is -2.34. The summed E-state index contributed by atoms with van der Waals surface area (Å²) in [6.07, 6.45) is 5.81. The van der Waals surface area contributed by atoms with Gasteiger partial charge in [-0.2, -0.15) is 0 Å². The van der Waals surface area contributed by atoms with Crippen LogP contribution in [0.1, 0.15) is 37.1 Å². The number of carbonyl (C=O) groups is 1. The molecule has 2 aromatic carbocycles. The third-order valence-corrected chi connectivity index (χ3v) is 6.68. The highest BCUT2D eigenvalue weighted by Gasteiger charge is 2.34. The number of hydrogen-bond acceptors (Lipinski definition) is 6. The maximum absolute atomic E-state index is 11.0. The number of nitrogens with two attached hydrogens (primary N) is 1. The Labute approximate surface area is 210 Å². The van der Waals surface area contributed by atoms with Crippen molar-refractivity contribution in [3.8, 4) is 17.0 Å². The first-order valence-electron chi connectivity index (χ1n) is 12.4. The van der Waals surface area contributed by atoms with Crippen LogP contribution in [-0.2, 0) is 11.4 Å². The van der Waals surface area contributed by atoms with E-state index >= 15 is 0 Å². The van der Waals surface area contributed by atoms with Gasteiger partial charge in [0.15, 0.2) is 0 Å². The van der Waals surface area contributed by atoms with E-state index in [0.717, 1.165) is 59.8 Å². The first kappa shape index (κ1) is 23.8. The van der Waals surface area contributed by atoms with Crippen molar-refractivity contribution < 1.29 is 9.53 Å². The molecule has 4 aromatic rings. The van der Waals surface area contributed by atoms with E-state index in [-0.39, 0.29) is 5.91 Å². The molecule has 186 valence electrons. The van der Waals surface area contributed by atoms with Crippen LogP contribution in [0.5, 0.6) is 5.75 Å². The van der Waals surface area contributed by atoms with Crippen LogP contribution in [0.2, 0.25) is 0 Å². The van der Waals surface area contributed by atoms with Crippen molar-refractivity contribution in [1.82, 2.24) is 25.0 Å². The molecular formula is C28H32N6O2. The van der Waals surface area contributed by atoms with Crippen LogP contribution in [0.25, 0.3) is 16.8 Å². The summed E-state index contributed by atoms with van der Waals surface area (Å²) in [6.45, 7) is 4.42. The molecule has 5 rings (SSSR count). The first-order chi connectivity index (χ1) is 17.6. The number of nitrogens with zero attached hydrogens (tertiary/aromatic N) is 3. The second kappa shape index (κ2) is 10.8. The van der Waals surface area contributed by atoms with E-state index in [4.69, 9.17) is 15.5 Å². The van der Waals surface area contributed by atoms with Gasteiger partial charge in [0.1, 0.15) is 35.2 Å². The van der Waals surface area contributed by atoms with Crippen LogP contribution in [0.15, 0.2) is 67.0 Å². The number of ether oxygens (including phenoxy) is 1. The Kier molecular flexibility index (Phi) is 7.13. The van der Waals surface area contributed by atoms with Crippen molar-refractivity contribution in [2.45, 2.75) is 32.3 Å². The van der Waals surface area contributed by atoms with Crippen LogP contribution in [-0.4, -0.2) is 39.9 Å². The van der Waals surface area contributed by atoms with Crippen LogP contribution in [0.4, 0.5) is 5.82 Å². The lowest BCUT2D eigenvalue weighted by Crippen LogP contribution is -2.36. The zero-order valence-electron chi connectivity index (χ0n) is 20.5. The van der Waals surface area contributed by atoms with Gasteiger partial charge in [0, 0.05) is 43.9 Å². The Balaban J connectivity index is 1.30. The number of hydrogen-bond donors (Lipinski definition) is 3. The fourth-order valence-electron chi connectivity index (χ4n) is 4.80. The molecule has 0 atom stereocenters. The molecule has 1 fully saturated rings. The van der Waals surface area contributed by atoms with Crippen LogP contribution in [0.3, 0.4) is 0 Å². The second-order valence-corrected chi connectivity index (χ2v) is 9.37. The highest BCUT2D eigenvalue weighted by atomic mass is 16.5. The van der Waals surface area contributed by atoms with E-state index < -0.39 is 0 Å². The Bertz CT molecular complexity index is 1330. The van der Waals surface area contributed by atoms with E-state index in [1.54, 1.807) is 6.20 Å². The third kappa shape index (κ3) is 5.33. The number of imidazole rings is 1. The van der Waals surface area contributed by atoms with E-state index in [1.165, 1.54) is 6.92 Å². The molecule has 4 N–H and O–H groups in total. The molecule has 1 aliphatic carbocycles. The molecule has 2 heterocycles. The van der Waals surface area contributed by atoms with Crippen LogP contribution in [0, 0.1) is 5.92 Å². The predicted molar refractivity (Wildman–Crippen MR) is 141 cm³/mol. The van der Waals surface area contributed by atoms with Crippen molar-refractivity contribution in [3.05, 3.63) is 78.4 Å². The van der Waals surface area contributed by atoms with Crippen molar-refractivity contribution in [1.29, 1.82) is 0 Å². The summed E-state index contributed by atoms with van der Waals surface area (Å²) >= 11 is 0. The van der Waals surface area contributed by atoms with E-state index in [1.807, 2.05) is 48.7 Å². The Hall–Kier alpha value is -3.91. The molecule has 1 aliphatic rings. The van der Waals surface area contributed by atoms with E-state index in [0.29, 0.717) is 30.8 Å². The minimum Gasteiger partial charge on any atom is -0.489 e. The summed E-state index contributed by atoms with van der Waals surface area (Å²) in [7, 11) is 0. The number of nitrogen functional groups attached to an aromatic ring is 1. The number of nitrogens with one attached hydrogen (secondary N) is 2. The zero-order chi connectivity index (χ0) is 24.9. The molecule has 1 saturated carbocycles. The number of anilines is 1. The van der Waals surface area contributed by atoms with Gasteiger partial charge in [-0.3, -0.25) is 9.20 Å². The minimum absolute atomic E-state index is 0.00422. The van der Waals surface area contributed by atoms with Gasteiger partial charge in [0.2, 0.25) is 5.91 Å². The Morgan fingerprint density at radius 1 is 1.14 bits per heavy atom. The molecule has 8 nitrogen and oxygen atoms in total. The SMILES string of the molecule is CC(=O)NCCNCC1CC(c2nc(-c3cccc(OCc4ccccc4)c3)c3c(N)nccn23)C1. The number of benzene rings is 2. The van der Waals surface area contributed by atoms with Gasteiger partial charge >= 0.3 is 0 Å². The first-order valence-corrected chi connectivity index (χ1v) is 12.4. The van der Waals surface area contributed by atoms with Gasteiger partial charge in [-0.25, -0.2) is 9.97 Å². The lowest BCUT2D eigenvalue weighted by molar-refractivity contribution is -0.118. The molecule has 0 saturated heterocycles. The quantitative estimate of drug-likeness (QED) is 0.296. The fourth-order valence-corrected chi connectivity index (χ4v) is 4.80. The number of carbonyl (C=O) groups excluding carboxylic acids is 1. The van der Waals surface area contributed by atoms with Crippen molar-refractivity contribution in [2.24, 2.45) is 5.92 Å². The largest absolute Gasteiger partial charge is 0.489 e. The summed E-state index contributed by atoms with van der Waals surface area (Å²) in [4.78, 5) is 20.4. The zero-order valence-corrected chi connectivity index (χ0v) is 20.5. The van der Waals surface area contributed by atoms with Crippen LogP contribution < -0.4 is 21.1 Å².